The van der Waals surface area contributed by atoms with Crippen molar-refractivity contribution in [2.75, 3.05) is 6.61 Å². The van der Waals surface area contributed by atoms with Gasteiger partial charge >= 0.3 is 11.9 Å². The van der Waals surface area contributed by atoms with Gasteiger partial charge in [0, 0.05) is 18.2 Å². The number of aliphatic hydroxyl groups excluding tert-OH is 2. The first-order chi connectivity index (χ1) is 21.0. The number of carbonyl (C=O) groups excluding carboxylic acids is 5. The lowest BCUT2D eigenvalue weighted by molar-refractivity contribution is -0.155. The number of ether oxygens (including phenoxy) is 2. The number of rotatable bonds is 20. The molecule has 0 unspecified atom stereocenters. The van der Waals surface area contributed by atoms with Crippen LogP contribution in [0, 0.1) is 5.92 Å². The molecule has 1 aromatic rings. The average Bonchev–Trinajstić information content (AvgIpc) is 3.44. The molecule has 1 heterocycles. The average molecular weight is 655 g/mol. The molecule has 0 saturated carbocycles. The second kappa shape index (κ2) is 19.9. The van der Waals surface area contributed by atoms with Crippen LogP contribution in [0.3, 0.4) is 0 Å². The highest BCUT2D eigenvalue weighted by Gasteiger charge is 2.31. The molecule has 1 rings (SSSR count). The fraction of sp³-hybridized carbons (Fsp3) is 0.677. The fourth-order valence-corrected chi connectivity index (χ4v) is 4.82. The van der Waals surface area contributed by atoms with Crippen molar-refractivity contribution in [3.63, 3.8) is 0 Å². The molecule has 0 fully saturated rings. The van der Waals surface area contributed by atoms with Crippen LogP contribution >= 0.6 is 11.3 Å². The molecular weight excluding hydrogens is 604 g/mol. The Morgan fingerprint density at radius 3 is 2.27 bits per heavy atom. The van der Waals surface area contributed by atoms with E-state index in [-0.39, 0.29) is 50.6 Å². The molecule has 5 atom stereocenters. The quantitative estimate of drug-likeness (QED) is 0.0788. The van der Waals surface area contributed by atoms with E-state index in [2.05, 4.69) is 27.5 Å². The molecular formula is C31H50N4O9S. The van der Waals surface area contributed by atoms with E-state index < -0.39 is 59.6 Å². The zero-order valence-electron chi connectivity index (χ0n) is 27.2. The second-order valence-electron chi connectivity index (χ2n) is 12.2. The van der Waals surface area contributed by atoms with Gasteiger partial charge in [0.1, 0.15) is 24.3 Å². The number of nitrogens with one attached hydrogen (secondary N) is 3. The summed E-state index contributed by atoms with van der Waals surface area (Å²) in [6.45, 7) is 13.8. The Morgan fingerprint density at radius 2 is 1.69 bits per heavy atom. The molecule has 0 aliphatic carbocycles. The molecule has 0 aliphatic heterocycles. The lowest BCUT2D eigenvalue weighted by atomic mass is 9.96. The van der Waals surface area contributed by atoms with E-state index in [1.165, 1.54) is 24.3 Å². The smallest absolute Gasteiger partial charge is 0.308 e. The van der Waals surface area contributed by atoms with Crippen LogP contribution in [0.5, 0.6) is 0 Å². The summed E-state index contributed by atoms with van der Waals surface area (Å²) in [5.41, 5.74) is 1.58. The topological polar surface area (TPSA) is 193 Å². The van der Waals surface area contributed by atoms with Crippen molar-refractivity contribution in [3.8, 4) is 0 Å². The van der Waals surface area contributed by atoms with E-state index in [4.69, 9.17) is 9.47 Å². The molecule has 45 heavy (non-hydrogen) atoms. The lowest BCUT2D eigenvalue weighted by Gasteiger charge is -2.29. The number of aliphatic hydroxyl groups is 2. The normalized spacial score (nSPS) is 14.8. The maximum Gasteiger partial charge on any atom is 0.308 e. The molecule has 254 valence electrons. The van der Waals surface area contributed by atoms with Crippen LogP contribution in [0.25, 0.3) is 0 Å². The van der Waals surface area contributed by atoms with Gasteiger partial charge in [0.15, 0.2) is 0 Å². The third-order valence-electron chi connectivity index (χ3n) is 6.49. The van der Waals surface area contributed by atoms with E-state index in [1.54, 1.807) is 45.5 Å². The predicted molar refractivity (Wildman–Crippen MR) is 169 cm³/mol. The Hall–Kier alpha value is -3.36. The van der Waals surface area contributed by atoms with Gasteiger partial charge in [-0.05, 0) is 46.5 Å². The number of unbranched alkanes of at least 4 members (excludes halogenated alkanes) is 1. The van der Waals surface area contributed by atoms with Crippen molar-refractivity contribution in [1.29, 1.82) is 0 Å². The number of carbonyl (C=O) groups is 5. The molecule has 0 aromatic carbocycles. The predicted octanol–water partition coefficient (Wildman–Crippen LogP) is 1.95. The van der Waals surface area contributed by atoms with Gasteiger partial charge in [-0.3, -0.25) is 24.0 Å². The summed E-state index contributed by atoms with van der Waals surface area (Å²) >= 11 is 1.32. The van der Waals surface area contributed by atoms with E-state index in [1.807, 2.05) is 0 Å². The highest BCUT2D eigenvalue weighted by Crippen LogP contribution is 2.14. The van der Waals surface area contributed by atoms with Crippen LogP contribution < -0.4 is 16.0 Å². The standard InChI is InChI=1S/C31H50N4O9S/c1-8-13-43-27(40)16-24(37)28(19(2)3)35-29(41)20(4)33-30(42)23(14-21-17-45-18-32-21)34-25(38)15-22(36)11-9-10-12-26(39)44-31(5,6)7/h8,17-20,22-24,28,36-37H,1,9-16H2,2-7H3,(H,33,42)(H,34,38)(H,35,41)/t20-,22-,23-,24-,28-/m1/s1. The molecule has 13 nitrogen and oxygen atoms in total. The van der Waals surface area contributed by atoms with Crippen LogP contribution in [-0.2, 0) is 39.9 Å². The summed E-state index contributed by atoms with van der Waals surface area (Å²) in [4.78, 5) is 66.9. The maximum absolute atomic E-state index is 13.2. The highest BCUT2D eigenvalue weighted by atomic mass is 32.1. The summed E-state index contributed by atoms with van der Waals surface area (Å²) in [6.07, 6.45) is 0.145. The summed E-state index contributed by atoms with van der Waals surface area (Å²) in [6, 6.07) is -2.94. The van der Waals surface area contributed by atoms with Gasteiger partial charge in [-0.2, -0.15) is 0 Å². The van der Waals surface area contributed by atoms with Crippen molar-refractivity contribution in [1.82, 2.24) is 20.9 Å². The monoisotopic (exact) mass is 654 g/mol. The Kier molecular flexibility index (Phi) is 17.5. The molecule has 3 amide bonds. The van der Waals surface area contributed by atoms with Crippen molar-refractivity contribution < 1.29 is 43.7 Å². The summed E-state index contributed by atoms with van der Waals surface area (Å²) in [5.74, 6) is -3.02. The number of esters is 2. The Labute approximate surface area is 269 Å². The summed E-state index contributed by atoms with van der Waals surface area (Å²) in [5, 5.41) is 30.6. The van der Waals surface area contributed by atoms with Gasteiger partial charge < -0.3 is 35.6 Å². The van der Waals surface area contributed by atoms with Gasteiger partial charge in [-0.15, -0.1) is 11.3 Å². The van der Waals surface area contributed by atoms with E-state index in [0.29, 0.717) is 18.5 Å². The van der Waals surface area contributed by atoms with Crippen LogP contribution in [-0.4, -0.2) is 87.4 Å². The fourth-order valence-electron chi connectivity index (χ4n) is 4.25. The highest BCUT2D eigenvalue weighted by molar-refractivity contribution is 7.07. The summed E-state index contributed by atoms with van der Waals surface area (Å²) < 4.78 is 10.2. The number of hydrogen-bond donors (Lipinski definition) is 5. The Bertz CT molecular complexity index is 1110. The second-order valence-corrected chi connectivity index (χ2v) is 13.0. The van der Waals surface area contributed by atoms with Crippen LogP contribution in [0.2, 0.25) is 0 Å². The number of aromatic nitrogens is 1. The maximum atomic E-state index is 13.2. The van der Waals surface area contributed by atoms with Gasteiger partial charge in [0.2, 0.25) is 17.7 Å². The van der Waals surface area contributed by atoms with Gasteiger partial charge in [0.05, 0.1) is 42.3 Å². The number of thiazole rings is 1. The molecule has 14 heteroatoms. The Morgan fingerprint density at radius 1 is 1.00 bits per heavy atom. The zero-order chi connectivity index (χ0) is 34.2. The number of amides is 3. The van der Waals surface area contributed by atoms with E-state index in [9.17, 15) is 34.2 Å². The minimum atomic E-state index is -1.23. The van der Waals surface area contributed by atoms with Crippen molar-refractivity contribution in [3.05, 3.63) is 29.2 Å². The minimum absolute atomic E-state index is 0.000735. The van der Waals surface area contributed by atoms with Crippen molar-refractivity contribution >= 4 is 41.0 Å². The zero-order valence-corrected chi connectivity index (χ0v) is 28.0. The van der Waals surface area contributed by atoms with Crippen LogP contribution in [0.15, 0.2) is 23.5 Å². The number of nitrogens with zero attached hydrogens (tertiary/aromatic N) is 1. The first-order valence-electron chi connectivity index (χ1n) is 15.1. The SMILES string of the molecule is C=CCOC(=O)C[C@@H](O)[C@H](NC(=O)[C@@H](C)NC(=O)[C@@H](Cc1cscn1)NC(=O)C[C@H](O)CCCCC(=O)OC(C)(C)C)C(C)C. The first-order valence-corrected chi connectivity index (χ1v) is 16.1. The molecule has 5 N–H and O–H groups in total. The lowest BCUT2D eigenvalue weighted by Crippen LogP contribution is -2.56. The largest absolute Gasteiger partial charge is 0.461 e. The van der Waals surface area contributed by atoms with Crippen LogP contribution in [0.1, 0.15) is 85.8 Å². The third kappa shape index (κ3) is 17.1. The molecule has 0 bridgehead atoms. The van der Waals surface area contributed by atoms with Gasteiger partial charge in [-0.1, -0.05) is 32.9 Å². The van der Waals surface area contributed by atoms with Crippen molar-refractivity contribution in [2.24, 2.45) is 5.92 Å². The Balaban J connectivity index is 2.73. The van der Waals surface area contributed by atoms with E-state index in [0.717, 1.165) is 0 Å². The van der Waals surface area contributed by atoms with Gasteiger partial charge in [-0.25, -0.2) is 4.98 Å². The van der Waals surface area contributed by atoms with Crippen molar-refractivity contribution in [2.45, 2.75) is 122 Å². The minimum Gasteiger partial charge on any atom is -0.461 e. The third-order valence-corrected chi connectivity index (χ3v) is 7.12. The number of hydrogen-bond acceptors (Lipinski definition) is 11. The van der Waals surface area contributed by atoms with Crippen LogP contribution in [0.4, 0.5) is 0 Å². The molecule has 0 spiro atoms. The molecule has 0 saturated heterocycles. The molecule has 0 aliphatic rings. The van der Waals surface area contributed by atoms with Gasteiger partial charge in [0.25, 0.3) is 0 Å². The molecule has 0 radical (unpaired) electrons. The summed E-state index contributed by atoms with van der Waals surface area (Å²) in [7, 11) is 0. The van der Waals surface area contributed by atoms with E-state index >= 15 is 0 Å². The first kappa shape index (κ1) is 39.7. The molecule has 1 aromatic heterocycles.